The van der Waals surface area contributed by atoms with Crippen molar-refractivity contribution in [3.8, 4) is 0 Å². The largest absolute Gasteiger partial charge is 0.455 e. The second kappa shape index (κ2) is 4.27. The molecule has 5 heteroatoms. The zero-order valence-corrected chi connectivity index (χ0v) is 11.4. The minimum atomic E-state index is -0.507. The number of fused-ring (bicyclic) bond motifs is 1. The number of hydrogen-bond acceptors (Lipinski definition) is 4. The van der Waals surface area contributed by atoms with E-state index in [1.807, 2.05) is 20.8 Å². The molecule has 0 fully saturated rings. The summed E-state index contributed by atoms with van der Waals surface area (Å²) in [4.78, 5) is 16.0. The minimum absolute atomic E-state index is 0.359. The number of halogens is 1. The fourth-order valence-electron chi connectivity index (χ4n) is 1.31. The second-order valence-electron chi connectivity index (χ2n) is 4.63. The van der Waals surface area contributed by atoms with Crippen LogP contribution in [0.25, 0.3) is 10.2 Å². The first-order valence-electron chi connectivity index (χ1n) is 5.14. The number of carbonyl (C=O) groups is 1. The summed E-state index contributed by atoms with van der Waals surface area (Å²) < 4.78 is 6.15. The zero-order valence-electron chi connectivity index (χ0n) is 9.78. The molecular weight excluding hydrogens is 258 g/mol. The summed E-state index contributed by atoms with van der Waals surface area (Å²) in [5.41, 5.74) is 0.257. The van der Waals surface area contributed by atoms with Crippen LogP contribution in [0.4, 0.5) is 0 Å². The molecule has 0 aliphatic rings. The van der Waals surface area contributed by atoms with E-state index in [2.05, 4.69) is 4.98 Å². The predicted molar refractivity (Wildman–Crippen MR) is 69.8 cm³/mol. The fraction of sp³-hybridized carbons (Fsp3) is 0.333. The Morgan fingerprint density at radius 1 is 1.41 bits per heavy atom. The van der Waals surface area contributed by atoms with Gasteiger partial charge in [0.2, 0.25) is 5.01 Å². The molecule has 2 rings (SSSR count). The van der Waals surface area contributed by atoms with Crippen LogP contribution in [-0.4, -0.2) is 16.6 Å². The molecule has 0 saturated heterocycles. The maximum Gasteiger partial charge on any atom is 0.367 e. The molecule has 0 aliphatic heterocycles. The standard InChI is InChI=1S/C12H12ClNO2S/c1-12(2,3)16-11(15)10-14-8-5-4-7(13)6-9(8)17-10/h4-6H,1-3H3. The molecule has 1 aromatic carbocycles. The van der Waals surface area contributed by atoms with E-state index in [0.717, 1.165) is 10.2 Å². The van der Waals surface area contributed by atoms with E-state index < -0.39 is 11.6 Å². The Hall–Kier alpha value is -1.13. The van der Waals surface area contributed by atoms with Gasteiger partial charge in [-0.15, -0.1) is 11.3 Å². The summed E-state index contributed by atoms with van der Waals surface area (Å²) in [6.45, 7) is 5.49. The zero-order chi connectivity index (χ0) is 12.6. The smallest absolute Gasteiger partial charge is 0.367 e. The lowest BCUT2D eigenvalue weighted by atomic mass is 10.2. The lowest BCUT2D eigenvalue weighted by Gasteiger charge is -2.18. The van der Waals surface area contributed by atoms with Crippen molar-refractivity contribution >= 4 is 39.1 Å². The molecule has 0 saturated carbocycles. The summed E-state index contributed by atoms with van der Waals surface area (Å²) in [5, 5.41) is 0.995. The van der Waals surface area contributed by atoms with Gasteiger partial charge < -0.3 is 4.74 Å². The average molecular weight is 270 g/mol. The number of esters is 1. The molecule has 2 aromatic rings. The van der Waals surface area contributed by atoms with E-state index in [1.165, 1.54) is 11.3 Å². The SMILES string of the molecule is CC(C)(C)OC(=O)c1nc2ccc(Cl)cc2s1. The highest BCUT2D eigenvalue weighted by Crippen LogP contribution is 2.26. The highest BCUT2D eigenvalue weighted by Gasteiger charge is 2.20. The summed E-state index contributed by atoms with van der Waals surface area (Å²) >= 11 is 7.17. The van der Waals surface area contributed by atoms with Crippen LogP contribution < -0.4 is 0 Å². The Kier molecular flexibility index (Phi) is 3.10. The third-order valence-electron chi connectivity index (χ3n) is 1.92. The summed E-state index contributed by atoms with van der Waals surface area (Å²) in [5.74, 6) is -0.394. The third-order valence-corrected chi connectivity index (χ3v) is 3.16. The van der Waals surface area contributed by atoms with Gasteiger partial charge in [0, 0.05) is 5.02 Å². The quantitative estimate of drug-likeness (QED) is 0.737. The normalized spacial score (nSPS) is 11.8. The van der Waals surface area contributed by atoms with Crippen molar-refractivity contribution < 1.29 is 9.53 Å². The van der Waals surface area contributed by atoms with Gasteiger partial charge >= 0.3 is 5.97 Å². The van der Waals surface area contributed by atoms with Gasteiger partial charge in [-0.05, 0) is 39.0 Å². The maximum atomic E-state index is 11.8. The molecule has 0 atom stereocenters. The second-order valence-corrected chi connectivity index (χ2v) is 6.10. The van der Waals surface area contributed by atoms with Crippen LogP contribution >= 0.6 is 22.9 Å². The van der Waals surface area contributed by atoms with E-state index in [0.29, 0.717) is 10.0 Å². The highest BCUT2D eigenvalue weighted by molar-refractivity contribution is 7.20. The van der Waals surface area contributed by atoms with Crippen molar-refractivity contribution in [2.24, 2.45) is 0 Å². The number of ether oxygens (including phenoxy) is 1. The van der Waals surface area contributed by atoms with Gasteiger partial charge in [-0.1, -0.05) is 11.6 Å². The molecule has 17 heavy (non-hydrogen) atoms. The van der Waals surface area contributed by atoms with Crippen LogP contribution in [0.15, 0.2) is 18.2 Å². The lowest BCUT2D eigenvalue weighted by molar-refractivity contribution is 0.00695. The van der Waals surface area contributed by atoms with E-state index in [9.17, 15) is 4.79 Å². The first-order chi connectivity index (χ1) is 7.85. The topological polar surface area (TPSA) is 39.2 Å². The monoisotopic (exact) mass is 269 g/mol. The molecule has 0 N–H and O–H groups in total. The minimum Gasteiger partial charge on any atom is -0.455 e. The van der Waals surface area contributed by atoms with E-state index in [1.54, 1.807) is 18.2 Å². The summed E-state index contributed by atoms with van der Waals surface area (Å²) in [6, 6.07) is 5.34. The maximum absolute atomic E-state index is 11.8. The third kappa shape index (κ3) is 2.96. The van der Waals surface area contributed by atoms with Gasteiger partial charge in [-0.25, -0.2) is 9.78 Å². The van der Waals surface area contributed by atoms with Gasteiger partial charge in [0.1, 0.15) is 5.60 Å². The number of nitrogens with zero attached hydrogens (tertiary/aromatic N) is 1. The van der Waals surface area contributed by atoms with Gasteiger partial charge in [0.15, 0.2) is 0 Å². The van der Waals surface area contributed by atoms with Crippen LogP contribution in [0.1, 0.15) is 30.6 Å². The Bertz CT molecular complexity index is 571. The van der Waals surface area contributed by atoms with Crippen molar-refractivity contribution in [2.75, 3.05) is 0 Å². The molecule has 3 nitrogen and oxygen atoms in total. The number of benzene rings is 1. The molecular formula is C12H12ClNO2S. The van der Waals surface area contributed by atoms with E-state index >= 15 is 0 Å². The molecule has 0 aliphatic carbocycles. The van der Waals surface area contributed by atoms with Crippen LogP contribution in [0, 0.1) is 0 Å². The molecule has 0 spiro atoms. The van der Waals surface area contributed by atoms with Crippen LogP contribution in [0.2, 0.25) is 5.02 Å². The van der Waals surface area contributed by atoms with E-state index in [-0.39, 0.29) is 0 Å². The number of aromatic nitrogens is 1. The molecule has 90 valence electrons. The Morgan fingerprint density at radius 3 is 2.76 bits per heavy atom. The van der Waals surface area contributed by atoms with E-state index in [4.69, 9.17) is 16.3 Å². The Morgan fingerprint density at radius 2 is 2.12 bits per heavy atom. The van der Waals surface area contributed by atoms with Gasteiger partial charge in [-0.2, -0.15) is 0 Å². The van der Waals surface area contributed by atoms with Crippen molar-refractivity contribution in [3.05, 3.63) is 28.2 Å². The fourth-order valence-corrected chi connectivity index (χ4v) is 2.43. The Balaban J connectivity index is 2.33. The molecule has 0 unspecified atom stereocenters. The van der Waals surface area contributed by atoms with Crippen molar-refractivity contribution in [1.82, 2.24) is 4.98 Å². The molecule has 0 radical (unpaired) electrons. The number of hydrogen-bond donors (Lipinski definition) is 0. The summed E-state index contributed by atoms with van der Waals surface area (Å²) in [7, 11) is 0. The molecule has 0 amide bonds. The molecule has 1 aromatic heterocycles. The molecule has 0 bridgehead atoms. The van der Waals surface area contributed by atoms with Gasteiger partial charge in [-0.3, -0.25) is 0 Å². The molecule has 1 heterocycles. The summed E-state index contributed by atoms with van der Waals surface area (Å²) in [6.07, 6.45) is 0. The van der Waals surface area contributed by atoms with Gasteiger partial charge in [0.25, 0.3) is 0 Å². The predicted octanol–water partition coefficient (Wildman–Crippen LogP) is 3.91. The Labute approximate surface area is 108 Å². The number of rotatable bonds is 1. The average Bonchev–Trinajstić information content (AvgIpc) is 2.57. The van der Waals surface area contributed by atoms with Crippen molar-refractivity contribution in [2.45, 2.75) is 26.4 Å². The van der Waals surface area contributed by atoms with Crippen LogP contribution in [0.5, 0.6) is 0 Å². The van der Waals surface area contributed by atoms with Crippen LogP contribution in [-0.2, 0) is 4.74 Å². The van der Waals surface area contributed by atoms with Crippen molar-refractivity contribution in [1.29, 1.82) is 0 Å². The first kappa shape index (κ1) is 12.3. The number of thiazole rings is 1. The first-order valence-corrected chi connectivity index (χ1v) is 6.34. The van der Waals surface area contributed by atoms with Gasteiger partial charge in [0.05, 0.1) is 10.2 Å². The number of carbonyl (C=O) groups excluding carboxylic acids is 1. The van der Waals surface area contributed by atoms with Crippen LogP contribution in [0.3, 0.4) is 0 Å². The lowest BCUT2D eigenvalue weighted by Crippen LogP contribution is -2.23. The van der Waals surface area contributed by atoms with Crippen molar-refractivity contribution in [3.63, 3.8) is 0 Å². The highest BCUT2D eigenvalue weighted by atomic mass is 35.5.